The van der Waals surface area contributed by atoms with Gasteiger partial charge in [-0.2, -0.15) is 0 Å². The van der Waals surface area contributed by atoms with E-state index in [4.69, 9.17) is 0 Å². The first kappa shape index (κ1) is 20.3. The molecule has 0 saturated carbocycles. The lowest BCUT2D eigenvalue weighted by molar-refractivity contribution is -0.131. The van der Waals surface area contributed by atoms with Gasteiger partial charge in [-0.1, -0.05) is 12.8 Å². The topological polar surface area (TPSA) is 43.9 Å². The number of aryl methyl sites for hydroxylation is 1. The standard InChI is InChI=1S/C21H33N3O2/c1-5-22(6-2)19-11-12-20(17(3)15-19)24(18(4)25)16-21(26)23-13-9-7-8-10-14-23/h11-12,15H,5-10,13-14,16H2,1-4H3. The van der Waals surface area contributed by atoms with E-state index in [9.17, 15) is 9.59 Å². The lowest BCUT2D eigenvalue weighted by atomic mass is 10.1. The molecule has 0 aromatic heterocycles. The lowest BCUT2D eigenvalue weighted by Crippen LogP contribution is -2.43. The van der Waals surface area contributed by atoms with Gasteiger partial charge in [0.25, 0.3) is 0 Å². The summed E-state index contributed by atoms with van der Waals surface area (Å²) >= 11 is 0. The summed E-state index contributed by atoms with van der Waals surface area (Å²) in [7, 11) is 0. The van der Waals surface area contributed by atoms with Crippen molar-refractivity contribution in [3.8, 4) is 0 Å². The molecule has 1 aliphatic rings. The third-order valence-electron chi connectivity index (χ3n) is 5.23. The molecule has 2 rings (SSSR count). The Labute approximate surface area is 158 Å². The van der Waals surface area contributed by atoms with E-state index in [0.29, 0.717) is 0 Å². The Kier molecular flexibility index (Phi) is 7.49. The van der Waals surface area contributed by atoms with Crippen molar-refractivity contribution in [3.05, 3.63) is 23.8 Å². The second-order valence-corrected chi connectivity index (χ2v) is 7.04. The first-order valence-corrected chi connectivity index (χ1v) is 9.89. The van der Waals surface area contributed by atoms with Gasteiger partial charge in [-0.3, -0.25) is 9.59 Å². The lowest BCUT2D eigenvalue weighted by Gasteiger charge is -2.28. The highest BCUT2D eigenvalue weighted by atomic mass is 16.2. The largest absolute Gasteiger partial charge is 0.372 e. The molecule has 1 aromatic rings. The number of hydrogen-bond donors (Lipinski definition) is 0. The van der Waals surface area contributed by atoms with Crippen LogP contribution >= 0.6 is 0 Å². The second kappa shape index (κ2) is 9.60. The molecule has 0 bridgehead atoms. The van der Waals surface area contributed by atoms with Gasteiger partial charge >= 0.3 is 0 Å². The minimum Gasteiger partial charge on any atom is -0.372 e. The van der Waals surface area contributed by atoms with Gasteiger partial charge in [0.1, 0.15) is 6.54 Å². The third-order valence-corrected chi connectivity index (χ3v) is 5.23. The van der Waals surface area contributed by atoms with Gasteiger partial charge in [0, 0.05) is 44.5 Å². The number of hydrogen-bond acceptors (Lipinski definition) is 3. The maximum atomic E-state index is 12.7. The summed E-state index contributed by atoms with van der Waals surface area (Å²) < 4.78 is 0. The van der Waals surface area contributed by atoms with Crippen molar-refractivity contribution in [2.45, 2.75) is 53.4 Å². The fourth-order valence-electron chi connectivity index (χ4n) is 3.65. The van der Waals surface area contributed by atoms with Crippen LogP contribution in [0.3, 0.4) is 0 Å². The fourth-order valence-corrected chi connectivity index (χ4v) is 3.65. The van der Waals surface area contributed by atoms with Crippen LogP contribution < -0.4 is 9.80 Å². The predicted molar refractivity (Wildman–Crippen MR) is 108 cm³/mol. The summed E-state index contributed by atoms with van der Waals surface area (Å²) in [5.41, 5.74) is 3.00. The van der Waals surface area contributed by atoms with Crippen molar-refractivity contribution in [2.24, 2.45) is 0 Å². The molecule has 0 spiro atoms. The molecule has 0 radical (unpaired) electrons. The highest BCUT2D eigenvalue weighted by molar-refractivity contribution is 5.98. The molecule has 0 atom stereocenters. The van der Waals surface area contributed by atoms with Gasteiger partial charge in [-0.15, -0.1) is 0 Å². The van der Waals surface area contributed by atoms with Gasteiger partial charge in [0.05, 0.1) is 0 Å². The molecule has 1 heterocycles. The average Bonchev–Trinajstić information content (AvgIpc) is 2.90. The van der Waals surface area contributed by atoms with Crippen LogP contribution in [0.1, 0.15) is 52.0 Å². The van der Waals surface area contributed by atoms with E-state index < -0.39 is 0 Å². The Bertz CT molecular complexity index is 618. The molecule has 144 valence electrons. The van der Waals surface area contributed by atoms with Gasteiger partial charge in [-0.25, -0.2) is 0 Å². The first-order chi connectivity index (χ1) is 12.5. The minimum absolute atomic E-state index is 0.0503. The summed E-state index contributed by atoms with van der Waals surface area (Å²) in [6.07, 6.45) is 4.49. The van der Waals surface area contributed by atoms with Gasteiger partial charge in [0.15, 0.2) is 0 Å². The van der Waals surface area contributed by atoms with Crippen LogP contribution in [0.25, 0.3) is 0 Å². The number of rotatable bonds is 6. The number of nitrogens with zero attached hydrogens (tertiary/aromatic N) is 3. The predicted octanol–water partition coefficient (Wildman–Crippen LogP) is 3.60. The zero-order valence-corrected chi connectivity index (χ0v) is 16.8. The number of carbonyl (C=O) groups excluding carboxylic acids is 2. The Hall–Kier alpha value is -2.04. The molecule has 0 unspecified atom stereocenters. The Balaban J connectivity index is 2.18. The normalized spacial score (nSPS) is 14.7. The number of amides is 2. The van der Waals surface area contributed by atoms with Gasteiger partial charge < -0.3 is 14.7 Å². The number of carbonyl (C=O) groups is 2. The maximum absolute atomic E-state index is 12.7. The fraction of sp³-hybridized carbons (Fsp3) is 0.619. The van der Waals surface area contributed by atoms with Crippen molar-refractivity contribution >= 4 is 23.2 Å². The van der Waals surface area contributed by atoms with Crippen molar-refractivity contribution in [2.75, 3.05) is 42.5 Å². The number of anilines is 2. The second-order valence-electron chi connectivity index (χ2n) is 7.04. The minimum atomic E-state index is -0.0909. The summed E-state index contributed by atoms with van der Waals surface area (Å²) in [6.45, 7) is 11.4. The molecule has 26 heavy (non-hydrogen) atoms. The molecule has 1 aromatic carbocycles. The molecule has 1 fully saturated rings. The summed E-state index contributed by atoms with van der Waals surface area (Å²) in [6, 6.07) is 6.12. The van der Waals surface area contributed by atoms with E-state index in [2.05, 4.69) is 24.8 Å². The van der Waals surface area contributed by atoms with E-state index in [1.807, 2.05) is 24.0 Å². The zero-order valence-electron chi connectivity index (χ0n) is 16.8. The molecule has 5 nitrogen and oxygen atoms in total. The Morgan fingerprint density at radius 1 is 1.04 bits per heavy atom. The van der Waals surface area contributed by atoms with Gasteiger partial charge in [0.2, 0.25) is 11.8 Å². The van der Waals surface area contributed by atoms with Crippen molar-refractivity contribution in [3.63, 3.8) is 0 Å². The summed E-state index contributed by atoms with van der Waals surface area (Å²) in [4.78, 5) is 30.8. The molecule has 2 amide bonds. The number of benzene rings is 1. The molecule has 1 aliphatic heterocycles. The zero-order chi connectivity index (χ0) is 19.1. The summed E-state index contributed by atoms with van der Waals surface area (Å²) in [5.74, 6) is -0.0406. The van der Waals surface area contributed by atoms with E-state index in [1.165, 1.54) is 19.8 Å². The molecule has 0 N–H and O–H groups in total. The van der Waals surface area contributed by atoms with Gasteiger partial charge in [-0.05, 0) is 57.4 Å². The van der Waals surface area contributed by atoms with E-state index in [-0.39, 0.29) is 18.4 Å². The molecular weight excluding hydrogens is 326 g/mol. The summed E-state index contributed by atoms with van der Waals surface area (Å²) in [5, 5.41) is 0. The van der Waals surface area contributed by atoms with Crippen LogP contribution in [0.2, 0.25) is 0 Å². The van der Waals surface area contributed by atoms with E-state index in [1.54, 1.807) is 4.90 Å². The molecular formula is C21H33N3O2. The van der Waals surface area contributed by atoms with Crippen LogP contribution in [0.15, 0.2) is 18.2 Å². The highest BCUT2D eigenvalue weighted by Gasteiger charge is 2.22. The number of likely N-dealkylation sites (tertiary alicyclic amines) is 1. The van der Waals surface area contributed by atoms with Crippen LogP contribution in [0.5, 0.6) is 0 Å². The van der Waals surface area contributed by atoms with Crippen LogP contribution in [0, 0.1) is 6.92 Å². The van der Waals surface area contributed by atoms with Crippen molar-refractivity contribution in [1.82, 2.24) is 4.90 Å². The monoisotopic (exact) mass is 359 g/mol. The average molecular weight is 360 g/mol. The van der Waals surface area contributed by atoms with Crippen LogP contribution in [0.4, 0.5) is 11.4 Å². The van der Waals surface area contributed by atoms with Crippen LogP contribution in [-0.2, 0) is 9.59 Å². The molecule has 5 heteroatoms. The van der Waals surface area contributed by atoms with Crippen LogP contribution in [-0.4, -0.2) is 49.4 Å². The molecule has 1 saturated heterocycles. The van der Waals surface area contributed by atoms with Crippen molar-refractivity contribution < 1.29 is 9.59 Å². The maximum Gasteiger partial charge on any atom is 0.242 e. The van der Waals surface area contributed by atoms with E-state index >= 15 is 0 Å². The Morgan fingerprint density at radius 2 is 1.65 bits per heavy atom. The third kappa shape index (κ3) is 4.99. The van der Waals surface area contributed by atoms with Crippen molar-refractivity contribution in [1.29, 1.82) is 0 Å². The Morgan fingerprint density at radius 3 is 2.15 bits per heavy atom. The quantitative estimate of drug-likeness (QED) is 0.779. The first-order valence-electron chi connectivity index (χ1n) is 9.89. The molecule has 0 aliphatic carbocycles. The van der Waals surface area contributed by atoms with E-state index in [0.717, 1.165) is 56.0 Å². The smallest absolute Gasteiger partial charge is 0.242 e. The highest BCUT2D eigenvalue weighted by Crippen LogP contribution is 2.26. The SMILES string of the molecule is CCN(CC)c1ccc(N(CC(=O)N2CCCCCC2)C(C)=O)c(C)c1.